The van der Waals surface area contributed by atoms with Crippen molar-refractivity contribution in [2.45, 2.75) is 51.0 Å². The Morgan fingerprint density at radius 1 is 0.927 bits per heavy atom. The quantitative estimate of drug-likeness (QED) is 0.327. The Labute approximate surface area is 244 Å². The number of amides is 1. The minimum atomic E-state index is -3.25. The van der Waals surface area contributed by atoms with E-state index in [1.54, 1.807) is 7.11 Å². The van der Waals surface area contributed by atoms with Gasteiger partial charge in [-0.2, -0.15) is 0 Å². The summed E-state index contributed by atoms with van der Waals surface area (Å²) in [4.78, 5) is 13.4. The molecule has 0 bridgehead atoms. The van der Waals surface area contributed by atoms with Crippen LogP contribution in [-0.2, 0) is 24.8 Å². The minimum absolute atomic E-state index is 0.0672. The van der Waals surface area contributed by atoms with Crippen molar-refractivity contribution in [1.29, 1.82) is 0 Å². The molecule has 10 nitrogen and oxygen atoms in total. The van der Waals surface area contributed by atoms with Crippen molar-refractivity contribution in [2.75, 3.05) is 59.0 Å². The van der Waals surface area contributed by atoms with Crippen LogP contribution in [0.4, 0.5) is 4.39 Å². The second-order valence-electron chi connectivity index (χ2n) is 11.7. The average Bonchev–Trinajstić information content (AvgIpc) is 2.91. The third-order valence-electron chi connectivity index (χ3n) is 8.66. The van der Waals surface area contributed by atoms with Gasteiger partial charge >= 0.3 is 0 Å². The van der Waals surface area contributed by atoms with E-state index >= 15 is 0 Å². The molecule has 41 heavy (non-hydrogen) atoms. The van der Waals surface area contributed by atoms with Crippen LogP contribution in [-0.4, -0.2) is 102 Å². The van der Waals surface area contributed by atoms with Gasteiger partial charge in [0.05, 0.1) is 19.1 Å². The van der Waals surface area contributed by atoms with Crippen molar-refractivity contribution in [3.05, 3.63) is 35.6 Å². The van der Waals surface area contributed by atoms with Crippen LogP contribution in [0.25, 0.3) is 0 Å². The van der Waals surface area contributed by atoms with Gasteiger partial charge in [0.1, 0.15) is 5.82 Å². The number of carbonyl (C=O) groups excluding carboxylic acids is 1. The Kier molecular flexibility index (Phi) is 12.5. The van der Waals surface area contributed by atoms with Crippen LogP contribution in [0.1, 0.15) is 55.3 Å². The monoisotopic (exact) mass is 619 g/mol. The van der Waals surface area contributed by atoms with Gasteiger partial charge in [-0.05, 0) is 87.0 Å². The zero-order chi connectivity index (χ0) is 30.2. The number of sulfonamides is 2. The van der Waals surface area contributed by atoms with Crippen molar-refractivity contribution < 1.29 is 35.9 Å². The number of carbonyl (C=O) groups is 1. The molecule has 3 atom stereocenters. The van der Waals surface area contributed by atoms with Gasteiger partial charge in [0, 0.05) is 57.4 Å². The first kappa shape index (κ1) is 33.9. The highest BCUT2D eigenvalue weighted by Gasteiger charge is 2.36. The maximum Gasteiger partial charge on any atom is 0.251 e. The normalized spacial score (nSPS) is 20.9. The summed E-state index contributed by atoms with van der Waals surface area (Å²) in [6, 6.07) is 5.01. The van der Waals surface area contributed by atoms with Gasteiger partial charge in [-0.15, -0.1) is 0 Å². The molecule has 0 aliphatic carbocycles. The molecule has 0 saturated carbocycles. The Bertz CT molecular complexity index is 1120. The highest BCUT2D eigenvalue weighted by molar-refractivity contribution is 7.88. The summed E-state index contributed by atoms with van der Waals surface area (Å²) in [7, 11) is -4.89. The van der Waals surface area contributed by atoms with E-state index in [2.05, 4.69) is 5.32 Å². The molecule has 2 aliphatic heterocycles. The number of benzene rings is 1. The van der Waals surface area contributed by atoms with Gasteiger partial charge in [-0.1, -0.05) is 0 Å². The number of nitrogens with one attached hydrogen (secondary N) is 1. The molecule has 2 N–H and O–H groups in total. The predicted octanol–water partition coefficient (Wildman–Crippen LogP) is 2.31. The van der Waals surface area contributed by atoms with Gasteiger partial charge in [-0.3, -0.25) is 4.79 Å². The molecule has 2 saturated heterocycles. The van der Waals surface area contributed by atoms with Crippen molar-refractivity contribution in [3.63, 3.8) is 0 Å². The van der Waals surface area contributed by atoms with E-state index in [-0.39, 0.29) is 42.2 Å². The van der Waals surface area contributed by atoms with Crippen molar-refractivity contribution in [2.24, 2.45) is 23.7 Å². The van der Waals surface area contributed by atoms with E-state index in [0.29, 0.717) is 83.3 Å². The predicted molar refractivity (Wildman–Crippen MR) is 156 cm³/mol. The number of piperidine rings is 2. The summed E-state index contributed by atoms with van der Waals surface area (Å²) in [5.74, 6) is -0.503. The Hall–Kier alpha value is -1.64. The summed E-state index contributed by atoms with van der Waals surface area (Å²) >= 11 is 0. The van der Waals surface area contributed by atoms with Crippen LogP contribution in [0.5, 0.6) is 0 Å². The molecule has 2 fully saturated rings. The van der Waals surface area contributed by atoms with Crippen LogP contribution in [0.15, 0.2) is 24.3 Å². The molecule has 3 rings (SSSR count). The smallest absolute Gasteiger partial charge is 0.251 e. The molecule has 1 aromatic carbocycles. The maximum absolute atomic E-state index is 13.5. The van der Waals surface area contributed by atoms with Gasteiger partial charge in [0.2, 0.25) is 20.0 Å². The first-order valence-electron chi connectivity index (χ1n) is 14.4. The number of methoxy groups -OCH3 is 1. The largest absolute Gasteiger partial charge is 0.396 e. The number of hydrogen-bond donors (Lipinski definition) is 2. The molecule has 0 aromatic heterocycles. The molecular formula is C28H46FN3O7S2. The second-order valence-corrected chi connectivity index (χ2v) is 15.6. The van der Waals surface area contributed by atoms with Gasteiger partial charge in [-0.25, -0.2) is 29.8 Å². The lowest BCUT2D eigenvalue weighted by molar-refractivity contribution is 0.0625. The SMILES string of the molecule is COCC(CC1CCN(S(C)(=O)=O)CC1)C(NC(=O)c1ccc(F)cc1)C(CCO)CC1CCN(S(C)(=O)=O)CC1. The van der Waals surface area contributed by atoms with Crippen LogP contribution in [0.2, 0.25) is 0 Å². The minimum Gasteiger partial charge on any atom is -0.396 e. The summed E-state index contributed by atoms with van der Waals surface area (Å²) in [5.41, 5.74) is 0.332. The molecule has 234 valence electrons. The average molecular weight is 620 g/mol. The number of aliphatic hydroxyl groups excluding tert-OH is 1. The number of hydrogen-bond acceptors (Lipinski definition) is 7. The van der Waals surface area contributed by atoms with Crippen LogP contribution < -0.4 is 5.32 Å². The van der Waals surface area contributed by atoms with Gasteiger partial charge < -0.3 is 15.2 Å². The third kappa shape index (κ3) is 10.2. The molecule has 2 heterocycles. The summed E-state index contributed by atoms with van der Waals surface area (Å²) in [6.45, 7) is 2.10. The molecule has 1 amide bonds. The topological polar surface area (TPSA) is 133 Å². The standard InChI is InChI=1S/C28H46FN3O7S2/c1-39-20-25(19-22-10-15-32(16-11-22)41(3,37)38)27(30-28(34)23-4-6-26(29)7-5-23)24(12-17-33)18-21-8-13-31(14-9-21)40(2,35)36/h4-7,21-22,24-25,27,33H,8-20H2,1-3H3,(H,30,34). The Balaban J connectivity index is 1.82. The maximum atomic E-state index is 13.5. The third-order valence-corrected chi connectivity index (χ3v) is 11.3. The van der Waals surface area contributed by atoms with Crippen LogP contribution in [0, 0.1) is 29.5 Å². The summed E-state index contributed by atoms with van der Waals surface area (Å²) in [5, 5.41) is 13.3. The molecule has 1 aromatic rings. The van der Waals surface area contributed by atoms with Crippen LogP contribution in [0.3, 0.4) is 0 Å². The van der Waals surface area contributed by atoms with Crippen LogP contribution >= 0.6 is 0 Å². The van der Waals surface area contributed by atoms with E-state index in [9.17, 15) is 31.1 Å². The van der Waals surface area contributed by atoms with Crippen molar-refractivity contribution in [3.8, 4) is 0 Å². The highest BCUT2D eigenvalue weighted by atomic mass is 32.2. The zero-order valence-electron chi connectivity index (χ0n) is 24.4. The number of rotatable bonds is 14. The van der Waals surface area contributed by atoms with Crippen molar-refractivity contribution >= 4 is 26.0 Å². The fourth-order valence-electron chi connectivity index (χ4n) is 6.41. The fraction of sp³-hybridized carbons (Fsp3) is 0.750. The molecule has 0 radical (unpaired) electrons. The van der Waals surface area contributed by atoms with E-state index in [1.807, 2.05) is 0 Å². The highest BCUT2D eigenvalue weighted by Crippen LogP contribution is 2.35. The number of nitrogens with zero attached hydrogens (tertiary/aromatic N) is 2. The molecule has 2 aliphatic rings. The summed E-state index contributed by atoms with van der Waals surface area (Å²) in [6.07, 6.45) is 7.14. The Morgan fingerprint density at radius 2 is 1.39 bits per heavy atom. The lowest BCUT2D eigenvalue weighted by atomic mass is 9.75. The van der Waals surface area contributed by atoms with Crippen molar-refractivity contribution in [1.82, 2.24) is 13.9 Å². The van der Waals surface area contributed by atoms with Gasteiger partial charge in [0.15, 0.2) is 0 Å². The molecular weight excluding hydrogens is 573 g/mol. The van der Waals surface area contributed by atoms with E-state index in [1.165, 1.54) is 45.4 Å². The molecule has 0 spiro atoms. The lowest BCUT2D eigenvalue weighted by Crippen LogP contribution is -2.49. The van der Waals surface area contributed by atoms with E-state index < -0.39 is 25.9 Å². The Morgan fingerprint density at radius 3 is 1.80 bits per heavy atom. The molecule has 13 heteroatoms. The van der Waals surface area contributed by atoms with Gasteiger partial charge in [0.25, 0.3) is 5.91 Å². The van der Waals surface area contributed by atoms with E-state index in [0.717, 1.165) is 0 Å². The number of halogens is 1. The number of aliphatic hydroxyl groups is 1. The summed E-state index contributed by atoms with van der Waals surface area (Å²) < 4.78 is 70.2. The molecule has 3 unspecified atom stereocenters. The van der Waals surface area contributed by atoms with E-state index in [4.69, 9.17) is 4.74 Å². The first-order chi connectivity index (χ1) is 19.3. The second kappa shape index (κ2) is 15.2. The lowest BCUT2D eigenvalue weighted by Gasteiger charge is -2.40. The first-order valence-corrected chi connectivity index (χ1v) is 18.1. The number of ether oxygens (including phenoxy) is 1. The fourth-order valence-corrected chi connectivity index (χ4v) is 8.16. The zero-order valence-corrected chi connectivity index (χ0v) is 26.0.